The highest BCUT2D eigenvalue weighted by Gasteiger charge is 2.25. The fourth-order valence-corrected chi connectivity index (χ4v) is 2.10. The van der Waals surface area contributed by atoms with E-state index >= 15 is 0 Å². The van der Waals surface area contributed by atoms with Gasteiger partial charge >= 0.3 is 0 Å². The average Bonchev–Trinajstić information content (AvgIpc) is 2.36. The van der Waals surface area contributed by atoms with Gasteiger partial charge in [-0.05, 0) is 31.1 Å². The maximum atomic E-state index is 9.13. The van der Waals surface area contributed by atoms with E-state index in [1.165, 1.54) is 0 Å². The van der Waals surface area contributed by atoms with E-state index in [9.17, 15) is 0 Å². The molecule has 94 valence electrons. The smallest absolute Gasteiger partial charge is 0.191 e. The van der Waals surface area contributed by atoms with Crippen LogP contribution in [0.15, 0.2) is 4.99 Å². The van der Waals surface area contributed by atoms with Crippen molar-refractivity contribution in [1.82, 2.24) is 10.6 Å². The number of hydrogen-bond acceptors (Lipinski definition) is 4. The largest absolute Gasteiger partial charge is 0.396 e. The Balaban J connectivity index is 2.45. The van der Waals surface area contributed by atoms with Crippen LogP contribution in [0.5, 0.6) is 0 Å². The van der Waals surface area contributed by atoms with E-state index in [2.05, 4.69) is 29.5 Å². The van der Waals surface area contributed by atoms with Crippen LogP contribution < -0.4 is 10.6 Å². The zero-order valence-corrected chi connectivity index (χ0v) is 10.6. The van der Waals surface area contributed by atoms with Gasteiger partial charge in [-0.15, -0.1) is 0 Å². The molecular formula is C12H25N3O. The second-order valence-electron chi connectivity index (χ2n) is 4.54. The Morgan fingerprint density at radius 2 is 2.19 bits per heavy atom. The van der Waals surface area contributed by atoms with Crippen molar-refractivity contribution in [3.63, 3.8) is 0 Å². The number of nitrogens with zero attached hydrogens (tertiary/aromatic N) is 1. The second-order valence-corrected chi connectivity index (χ2v) is 4.54. The monoisotopic (exact) mass is 227 g/mol. The highest BCUT2D eigenvalue weighted by molar-refractivity contribution is 5.80. The number of aliphatic imine (C=N–C) groups is 1. The number of hydrogen-bond donors (Lipinski definition) is 3. The summed E-state index contributed by atoms with van der Waals surface area (Å²) in [5.74, 6) is 0.926. The van der Waals surface area contributed by atoms with Crippen LogP contribution in [0.3, 0.4) is 0 Å². The number of rotatable bonds is 6. The molecule has 1 rings (SSSR count). The van der Waals surface area contributed by atoms with Crippen molar-refractivity contribution in [2.75, 3.05) is 26.2 Å². The summed E-state index contributed by atoms with van der Waals surface area (Å²) in [6.45, 7) is 7.47. The van der Waals surface area contributed by atoms with E-state index in [1.54, 1.807) is 0 Å². The summed E-state index contributed by atoms with van der Waals surface area (Å²) in [5.41, 5.74) is 0.205. The van der Waals surface area contributed by atoms with Crippen molar-refractivity contribution in [1.29, 1.82) is 0 Å². The van der Waals surface area contributed by atoms with Crippen LogP contribution in [0.4, 0.5) is 0 Å². The molecule has 0 radical (unpaired) electrons. The van der Waals surface area contributed by atoms with Crippen molar-refractivity contribution < 1.29 is 5.11 Å². The van der Waals surface area contributed by atoms with E-state index in [-0.39, 0.29) is 12.0 Å². The number of aliphatic hydroxyl groups excluding tert-OH is 1. The van der Waals surface area contributed by atoms with Gasteiger partial charge in [0.15, 0.2) is 5.96 Å². The van der Waals surface area contributed by atoms with Crippen LogP contribution in [0, 0.1) is 5.41 Å². The SMILES string of the molecule is CCC(CC)(CCO)CNC1=NCCCN1. The van der Waals surface area contributed by atoms with Crippen LogP contribution >= 0.6 is 0 Å². The normalized spacial score (nSPS) is 16.6. The van der Waals surface area contributed by atoms with Crippen LogP contribution in [-0.4, -0.2) is 37.3 Å². The molecule has 0 fully saturated rings. The minimum atomic E-state index is 0.205. The molecule has 0 aromatic carbocycles. The molecule has 4 nitrogen and oxygen atoms in total. The molecule has 0 bridgehead atoms. The first kappa shape index (κ1) is 13.3. The molecule has 3 N–H and O–H groups in total. The Hall–Kier alpha value is -0.770. The zero-order chi connectivity index (χ0) is 11.9. The molecule has 0 aliphatic carbocycles. The summed E-state index contributed by atoms with van der Waals surface area (Å²) in [6.07, 6.45) is 4.16. The van der Waals surface area contributed by atoms with E-state index in [4.69, 9.17) is 5.11 Å². The molecule has 4 heteroatoms. The summed E-state index contributed by atoms with van der Waals surface area (Å²) in [4.78, 5) is 4.39. The molecular weight excluding hydrogens is 202 g/mol. The van der Waals surface area contributed by atoms with E-state index in [1.807, 2.05) is 0 Å². The standard InChI is InChI=1S/C12H25N3O/c1-3-12(4-2,6-9-16)10-15-11-13-7-5-8-14-11/h16H,3-10H2,1-2H3,(H2,13,14,15). The maximum Gasteiger partial charge on any atom is 0.191 e. The number of guanidine groups is 1. The van der Waals surface area contributed by atoms with Crippen molar-refractivity contribution in [3.05, 3.63) is 0 Å². The van der Waals surface area contributed by atoms with Crippen molar-refractivity contribution in [2.45, 2.75) is 39.5 Å². The third-order valence-corrected chi connectivity index (χ3v) is 3.67. The van der Waals surface area contributed by atoms with Gasteiger partial charge in [0.1, 0.15) is 0 Å². The van der Waals surface area contributed by atoms with Crippen molar-refractivity contribution in [2.24, 2.45) is 10.4 Å². The Morgan fingerprint density at radius 3 is 2.69 bits per heavy atom. The first-order valence-electron chi connectivity index (χ1n) is 6.39. The summed E-state index contributed by atoms with van der Waals surface area (Å²) in [5, 5.41) is 15.8. The molecule has 0 atom stereocenters. The summed E-state index contributed by atoms with van der Waals surface area (Å²) >= 11 is 0. The molecule has 0 amide bonds. The Morgan fingerprint density at radius 1 is 1.44 bits per heavy atom. The molecule has 16 heavy (non-hydrogen) atoms. The van der Waals surface area contributed by atoms with Crippen molar-refractivity contribution in [3.8, 4) is 0 Å². The van der Waals surface area contributed by atoms with Gasteiger partial charge in [-0.25, -0.2) is 0 Å². The number of aliphatic hydroxyl groups is 1. The molecule has 0 spiro atoms. The van der Waals surface area contributed by atoms with Gasteiger partial charge in [0.2, 0.25) is 0 Å². The molecule has 0 saturated heterocycles. The van der Waals surface area contributed by atoms with Gasteiger partial charge in [-0.3, -0.25) is 4.99 Å². The maximum absolute atomic E-state index is 9.13. The second kappa shape index (κ2) is 6.74. The summed E-state index contributed by atoms with van der Waals surface area (Å²) in [7, 11) is 0. The molecule has 1 heterocycles. The predicted molar refractivity (Wildman–Crippen MR) is 67.6 cm³/mol. The van der Waals surface area contributed by atoms with Gasteiger partial charge in [0.25, 0.3) is 0 Å². The molecule has 0 unspecified atom stereocenters. The van der Waals surface area contributed by atoms with Gasteiger partial charge < -0.3 is 15.7 Å². The minimum absolute atomic E-state index is 0.205. The van der Waals surface area contributed by atoms with E-state index < -0.39 is 0 Å². The molecule has 1 aliphatic rings. The molecule has 0 aromatic heterocycles. The molecule has 0 saturated carbocycles. The fourth-order valence-electron chi connectivity index (χ4n) is 2.10. The van der Waals surface area contributed by atoms with Crippen LogP contribution in [0.25, 0.3) is 0 Å². The van der Waals surface area contributed by atoms with E-state index in [0.717, 1.165) is 51.3 Å². The summed E-state index contributed by atoms with van der Waals surface area (Å²) < 4.78 is 0. The first-order valence-corrected chi connectivity index (χ1v) is 6.39. The average molecular weight is 227 g/mol. The third kappa shape index (κ3) is 3.67. The van der Waals surface area contributed by atoms with Crippen LogP contribution in [-0.2, 0) is 0 Å². The highest BCUT2D eigenvalue weighted by atomic mass is 16.3. The minimum Gasteiger partial charge on any atom is -0.396 e. The summed E-state index contributed by atoms with van der Waals surface area (Å²) in [6, 6.07) is 0. The zero-order valence-electron chi connectivity index (χ0n) is 10.6. The topological polar surface area (TPSA) is 56.6 Å². The van der Waals surface area contributed by atoms with Crippen molar-refractivity contribution >= 4 is 5.96 Å². The van der Waals surface area contributed by atoms with Gasteiger partial charge in [-0.1, -0.05) is 13.8 Å². The Kier molecular flexibility index (Phi) is 5.60. The van der Waals surface area contributed by atoms with Crippen LogP contribution in [0.2, 0.25) is 0 Å². The van der Waals surface area contributed by atoms with E-state index in [0.29, 0.717) is 0 Å². The molecule has 0 aromatic rings. The Bertz CT molecular complexity index is 224. The first-order chi connectivity index (χ1) is 7.76. The van der Waals surface area contributed by atoms with Gasteiger partial charge in [-0.2, -0.15) is 0 Å². The quantitative estimate of drug-likeness (QED) is 0.637. The lowest BCUT2D eigenvalue weighted by molar-refractivity contribution is 0.169. The highest BCUT2D eigenvalue weighted by Crippen LogP contribution is 2.29. The lowest BCUT2D eigenvalue weighted by Crippen LogP contribution is -2.45. The lowest BCUT2D eigenvalue weighted by atomic mass is 9.79. The van der Waals surface area contributed by atoms with Crippen LogP contribution in [0.1, 0.15) is 39.5 Å². The predicted octanol–water partition coefficient (Wildman–Crippen LogP) is 1.11. The third-order valence-electron chi connectivity index (χ3n) is 3.67. The van der Waals surface area contributed by atoms with Gasteiger partial charge in [0.05, 0.1) is 0 Å². The number of nitrogens with one attached hydrogen (secondary N) is 2. The van der Waals surface area contributed by atoms with Gasteiger partial charge in [0, 0.05) is 26.2 Å². The fraction of sp³-hybridized carbons (Fsp3) is 0.917. The Labute approximate surface area is 98.5 Å². The molecule has 1 aliphatic heterocycles. The lowest BCUT2D eigenvalue weighted by Gasteiger charge is -2.32.